The number of fused-ring (bicyclic) bond motifs is 11. The van der Waals surface area contributed by atoms with E-state index in [0.29, 0.717) is 0 Å². The quantitative estimate of drug-likeness (QED) is 0.158. The summed E-state index contributed by atoms with van der Waals surface area (Å²) < 4.78 is 2.61. The van der Waals surface area contributed by atoms with Crippen LogP contribution >= 0.6 is 11.3 Å². The first-order valence-corrected chi connectivity index (χ1v) is 20.7. The van der Waals surface area contributed by atoms with Crippen LogP contribution in [-0.2, 0) is 0 Å². The molecular formula is C56H35NS. The lowest BCUT2D eigenvalue weighted by Crippen LogP contribution is -2.10. The van der Waals surface area contributed by atoms with Gasteiger partial charge in [0.1, 0.15) is 0 Å². The average Bonchev–Trinajstić information content (AvgIpc) is 3.67. The minimum absolute atomic E-state index is 1.12. The molecule has 0 aliphatic carbocycles. The smallest absolute Gasteiger partial charge is 0.0468 e. The molecule has 12 aromatic rings. The standard InChI is InChI=1S/C56H35NS/c1-2-10-36(11-3-1)41-13-8-14-44(33-41)57(46-29-31-54-52(35-46)50-16-6-7-19-53(50)58-54)45-28-26-37-20-25-42(32-43(37)34-45)47-17-9-18-51-49(47)30-27-40-24-23-39-22-21-38-12-4-5-15-48(38)55(39)56(40)51/h1-35H. The number of nitrogens with zero attached hydrogens (tertiary/aromatic N) is 1. The summed E-state index contributed by atoms with van der Waals surface area (Å²) in [5.41, 5.74) is 8.23. The second-order valence-electron chi connectivity index (χ2n) is 15.3. The van der Waals surface area contributed by atoms with E-state index in [2.05, 4.69) is 217 Å². The topological polar surface area (TPSA) is 3.24 Å². The van der Waals surface area contributed by atoms with Gasteiger partial charge in [-0.1, -0.05) is 158 Å². The van der Waals surface area contributed by atoms with Crippen molar-refractivity contribution in [2.24, 2.45) is 0 Å². The molecule has 0 aliphatic rings. The molecular weight excluding hydrogens is 719 g/mol. The SMILES string of the molecule is c1ccc(-c2cccc(N(c3ccc4ccc(-c5cccc6c5ccc5ccc7ccc8ccccc8c7c56)cc4c3)c3ccc4sc5ccccc5c4c3)c2)cc1. The Morgan fingerprint density at radius 1 is 0.276 bits per heavy atom. The Hall–Kier alpha value is -7.26. The number of hydrogen-bond donors (Lipinski definition) is 0. The highest BCUT2D eigenvalue weighted by Gasteiger charge is 2.17. The first-order chi connectivity index (χ1) is 28.7. The van der Waals surface area contributed by atoms with Crippen LogP contribution in [0, 0.1) is 0 Å². The van der Waals surface area contributed by atoms with Gasteiger partial charge in [-0.2, -0.15) is 0 Å². The summed E-state index contributed by atoms with van der Waals surface area (Å²) in [6.07, 6.45) is 0. The maximum Gasteiger partial charge on any atom is 0.0468 e. The van der Waals surface area contributed by atoms with Crippen LogP contribution in [0.5, 0.6) is 0 Å². The van der Waals surface area contributed by atoms with E-state index < -0.39 is 0 Å². The van der Waals surface area contributed by atoms with Crippen molar-refractivity contribution >= 4 is 102 Å². The van der Waals surface area contributed by atoms with Gasteiger partial charge in [-0.3, -0.25) is 0 Å². The van der Waals surface area contributed by atoms with Crippen LogP contribution in [0.15, 0.2) is 212 Å². The zero-order valence-electron chi connectivity index (χ0n) is 31.6. The van der Waals surface area contributed by atoms with Crippen LogP contribution in [0.1, 0.15) is 0 Å². The molecule has 0 bridgehead atoms. The van der Waals surface area contributed by atoms with Gasteiger partial charge in [-0.15, -0.1) is 11.3 Å². The van der Waals surface area contributed by atoms with E-state index in [9.17, 15) is 0 Å². The number of anilines is 3. The van der Waals surface area contributed by atoms with Crippen molar-refractivity contribution in [1.29, 1.82) is 0 Å². The van der Waals surface area contributed by atoms with Crippen molar-refractivity contribution in [2.45, 2.75) is 0 Å². The summed E-state index contributed by atoms with van der Waals surface area (Å²) in [7, 11) is 0. The highest BCUT2D eigenvalue weighted by molar-refractivity contribution is 7.25. The van der Waals surface area contributed by atoms with Gasteiger partial charge in [0.25, 0.3) is 0 Å². The second-order valence-corrected chi connectivity index (χ2v) is 16.4. The van der Waals surface area contributed by atoms with E-state index >= 15 is 0 Å². The minimum atomic E-state index is 1.12. The molecule has 0 spiro atoms. The number of rotatable bonds is 5. The van der Waals surface area contributed by atoms with Gasteiger partial charge in [0, 0.05) is 37.2 Å². The molecule has 0 N–H and O–H groups in total. The zero-order chi connectivity index (χ0) is 38.2. The van der Waals surface area contributed by atoms with Gasteiger partial charge >= 0.3 is 0 Å². The Morgan fingerprint density at radius 3 is 1.79 bits per heavy atom. The first kappa shape index (κ1) is 32.9. The maximum absolute atomic E-state index is 2.42. The molecule has 11 aromatic carbocycles. The fourth-order valence-corrected chi connectivity index (χ4v) is 10.3. The first-order valence-electron chi connectivity index (χ1n) is 19.9. The lowest BCUT2D eigenvalue weighted by atomic mass is 9.90. The van der Waals surface area contributed by atoms with E-state index in [1.165, 1.54) is 96.3 Å². The molecule has 1 aromatic heterocycles. The van der Waals surface area contributed by atoms with Crippen LogP contribution in [0.2, 0.25) is 0 Å². The van der Waals surface area contributed by atoms with Crippen molar-refractivity contribution in [3.8, 4) is 22.3 Å². The largest absolute Gasteiger partial charge is 0.310 e. The Balaban J connectivity index is 1.04. The highest BCUT2D eigenvalue weighted by atomic mass is 32.1. The van der Waals surface area contributed by atoms with Crippen LogP contribution < -0.4 is 4.90 Å². The predicted molar refractivity (Wildman–Crippen MR) is 252 cm³/mol. The third-order valence-electron chi connectivity index (χ3n) is 12.0. The van der Waals surface area contributed by atoms with E-state index in [0.717, 1.165) is 17.1 Å². The van der Waals surface area contributed by atoms with Gasteiger partial charge in [-0.05, 0) is 131 Å². The van der Waals surface area contributed by atoms with Crippen molar-refractivity contribution in [3.05, 3.63) is 212 Å². The fourth-order valence-electron chi connectivity index (χ4n) is 9.23. The van der Waals surface area contributed by atoms with Crippen molar-refractivity contribution in [2.75, 3.05) is 4.90 Å². The molecule has 1 nitrogen and oxygen atoms in total. The molecule has 0 fully saturated rings. The van der Waals surface area contributed by atoms with E-state index in [1.807, 2.05) is 11.3 Å². The monoisotopic (exact) mass is 753 g/mol. The second kappa shape index (κ2) is 13.2. The third-order valence-corrected chi connectivity index (χ3v) is 13.1. The Morgan fingerprint density at radius 2 is 0.897 bits per heavy atom. The summed E-state index contributed by atoms with van der Waals surface area (Å²) in [6, 6.07) is 78.4. The van der Waals surface area contributed by atoms with Gasteiger partial charge in [0.05, 0.1) is 0 Å². The molecule has 0 aliphatic heterocycles. The van der Waals surface area contributed by atoms with E-state index in [1.54, 1.807) is 0 Å². The molecule has 1 heterocycles. The highest BCUT2D eigenvalue weighted by Crippen LogP contribution is 2.44. The molecule has 0 saturated carbocycles. The number of benzene rings is 11. The summed E-state index contributed by atoms with van der Waals surface area (Å²) >= 11 is 1.86. The van der Waals surface area contributed by atoms with Crippen LogP contribution in [0.25, 0.3) is 96.3 Å². The zero-order valence-corrected chi connectivity index (χ0v) is 32.4. The van der Waals surface area contributed by atoms with Crippen LogP contribution in [-0.4, -0.2) is 0 Å². The number of hydrogen-bond acceptors (Lipinski definition) is 2. The maximum atomic E-state index is 2.42. The van der Waals surface area contributed by atoms with E-state index in [4.69, 9.17) is 0 Å². The molecule has 0 saturated heterocycles. The summed E-state index contributed by atoms with van der Waals surface area (Å²) in [5, 5.41) is 15.3. The van der Waals surface area contributed by atoms with Crippen molar-refractivity contribution in [3.63, 3.8) is 0 Å². The molecule has 12 rings (SSSR count). The van der Waals surface area contributed by atoms with E-state index in [-0.39, 0.29) is 0 Å². The van der Waals surface area contributed by atoms with Gasteiger partial charge in [0.15, 0.2) is 0 Å². The summed E-state index contributed by atoms with van der Waals surface area (Å²) in [6.45, 7) is 0. The molecule has 0 amide bonds. The van der Waals surface area contributed by atoms with Gasteiger partial charge in [-0.25, -0.2) is 0 Å². The van der Waals surface area contributed by atoms with Gasteiger partial charge < -0.3 is 4.90 Å². The molecule has 0 unspecified atom stereocenters. The Bertz CT molecular complexity index is 3570. The van der Waals surface area contributed by atoms with Crippen LogP contribution in [0.3, 0.4) is 0 Å². The molecule has 0 atom stereocenters. The molecule has 270 valence electrons. The summed E-state index contributed by atoms with van der Waals surface area (Å²) in [5.74, 6) is 0. The van der Waals surface area contributed by atoms with Crippen LogP contribution in [0.4, 0.5) is 17.1 Å². The average molecular weight is 754 g/mol. The van der Waals surface area contributed by atoms with Crippen molar-refractivity contribution in [1.82, 2.24) is 0 Å². The normalized spacial score (nSPS) is 11.8. The summed E-state index contributed by atoms with van der Waals surface area (Å²) in [4.78, 5) is 2.42. The number of thiophene rings is 1. The fraction of sp³-hybridized carbons (Fsp3) is 0. The Labute approximate surface area is 340 Å². The molecule has 2 heteroatoms. The lowest BCUT2D eigenvalue weighted by molar-refractivity contribution is 1.30. The molecule has 58 heavy (non-hydrogen) atoms. The predicted octanol–water partition coefficient (Wildman–Crippen LogP) is 16.6. The van der Waals surface area contributed by atoms with Gasteiger partial charge in [0.2, 0.25) is 0 Å². The lowest BCUT2D eigenvalue weighted by Gasteiger charge is -2.26. The minimum Gasteiger partial charge on any atom is -0.310 e. The molecule has 0 radical (unpaired) electrons. The Kier molecular flexibility index (Phi) is 7.47. The third kappa shape index (κ3) is 5.30. The van der Waals surface area contributed by atoms with Crippen molar-refractivity contribution < 1.29 is 0 Å².